The van der Waals surface area contributed by atoms with E-state index >= 15 is 0 Å². The Bertz CT molecular complexity index is 1190. The van der Waals surface area contributed by atoms with Crippen molar-refractivity contribution < 1.29 is 18.0 Å². The average Bonchev–Trinajstić information content (AvgIpc) is 3.05. The van der Waals surface area contributed by atoms with Gasteiger partial charge in [-0.05, 0) is 42.0 Å². The molecule has 0 saturated carbocycles. The van der Waals surface area contributed by atoms with Crippen molar-refractivity contribution in [3.05, 3.63) is 95.1 Å². The number of fused-ring (bicyclic) bond motifs is 1. The highest BCUT2D eigenvalue weighted by Gasteiger charge is 2.14. The van der Waals surface area contributed by atoms with Crippen LogP contribution in [0.3, 0.4) is 0 Å². The smallest absolute Gasteiger partial charge is 0.258 e. The predicted octanol–water partition coefficient (Wildman–Crippen LogP) is 4.82. The van der Waals surface area contributed by atoms with Crippen molar-refractivity contribution in [3.8, 4) is 0 Å². The summed E-state index contributed by atoms with van der Waals surface area (Å²) in [6.45, 7) is 0. The number of imidazole rings is 1. The molecule has 1 heterocycles. The summed E-state index contributed by atoms with van der Waals surface area (Å²) < 4.78 is 40.6. The highest BCUT2D eigenvalue weighted by molar-refractivity contribution is 6.05. The van der Waals surface area contributed by atoms with Gasteiger partial charge in [0, 0.05) is 18.2 Å². The molecule has 0 aliphatic carbocycles. The third-order valence-electron chi connectivity index (χ3n) is 4.28. The summed E-state index contributed by atoms with van der Waals surface area (Å²) >= 11 is 0. The molecule has 0 radical (unpaired) electrons. The van der Waals surface area contributed by atoms with Gasteiger partial charge in [0.05, 0.1) is 16.6 Å². The molecule has 0 saturated heterocycles. The summed E-state index contributed by atoms with van der Waals surface area (Å²) in [5.41, 5.74) is 1.97. The van der Waals surface area contributed by atoms with Crippen molar-refractivity contribution in [1.29, 1.82) is 0 Å². The minimum atomic E-state index is -0.938. The maximum absolute atomic E-state index is 13.8. The normalized spacial score (nSPS) is 11.0. The van der Waals surface area contributed by atoms with E-state index in [2.05, 4.69) is 15.3 Å². The molecule has 0 aliphatic rings. The maximum Gasteiger partial charge on any atom is 0.258 e. The number of rotatable bonds is 4. The van der Waals surface area contributed by atoms with Crippen molar-refractivity contribution >= 4 is 22.6 Å². The van der Waals surface area contributed by atoms with Gasteiger partial charge >= 0.3 is 0 Å². The van der Waals surface area contributed by atoms with Crippen LogP contribution in [0.1, 0.15) is 21.7 Å². The van der Waals surface area contributed by atoms with Crippen LogP contribution in [0.25, 0.3) is 11.0 Å². The lowest BCUT2D eigenvalue weighted by Crippen LogP contribution is -2.13. The summed E-state index contributed by atoms with van der Waals surface area (Å²) in [6.07, 6.45) is 0.295. The summed E-state index contributed by atoms with van der Waals surface area (Å²) in [5, 5.41) is 2.57. The number of H-pyrrole nitrogens is 1. The predicted molar refractivity (Wildman–Crippen MR) is 99.6 cm³/mol. The Labute approximate surface area is 158 Å². The standard InChI is InChI=1S/C21H14F3N3O/c22-13-5-7-15(17(24)10-13)21(28)25-14-6-8-18-19(11-14)27-20(26-18)9-12-3-1-2-4-16(12)23/h1-8,10-11H,9H2,(H,25,28)(H,26,27). The molecule has 0 spiro atoms. The Morgan fingerprint density at radius 1 is 0.964 bits per heavy atom. The Morgan fingerprint density at radius 2 is 1.79 bits per heavy atom. The van der Waals surface area contributed by atoms with Crippen LogP contribution >= 0.6 is 0 Å². The molecule has 1 amide bonds. The van der Waals surface area contributed by atoms with Crippen LogP contribution in [-0.2, 0) is 6.42 Å². The van der Waals surface area contributed by atoms with Crippen molar-refractivity contribution in [2.75, 3.05) is 5.32 Å². The molecule has 0 aliphatic heterocycles. The second-order valence-corrected chi connectivity index (χ2v) is 6.26. The number of carbonyl (C=O) groups excluding carboxylic acids is 1. The summed E-state index contributed by atoms with van der Waals surface area (Å²) in [4.78, 5) is 19.7. The van der Waals surface area contributed by atoms with E-state index < -0.39 is 17.5 Å². The van der Waals surface area contributed by atoms with Gasteiger partial charge in [-0.1, -0.05) is 18.2 Å². The average molecular weight is 381 g/mol. The number of amides is 1. The molecule has 0 bridgehead atoms. The van der Waals surface area contributed by atoms with E-state index in [1.807, 2.05) is 0 Å². The zero-order chi connectivity index (χ0) is 19.7. The van der Waals surface area contributed by atoms with Crippen molar-refractivity contribution in [2.24, 2.45) is 0 Å². The molecule has 28 heavy (non-hydrogen) atoms. The first kappa shape index (κ1) is 17.8. The highest BCUT2D eigenvalue weighted by Crippen LogP contribution is 2.20. The van der Waals surface area contributed by atoms with Crippen molar-refractivity contribution in [1.82, 2.24) is 9.97 Å². The quantitative estimate of drug-likeness (QED) is 0.532. The van der Waals surface area contributed by atoms with Crippen LogP contribution in [0.15, 0.2) is 60.7 Å². The number of aromatic nitrogens is 2. The Morgan fingerprint density at radius 3 is 2.57 bits per heavy atom. The van der Waals surface area contributed by atoms with Crippen LogP contribution in [-0.4, -0.2) is 15.9 Å². The topological polar surface area (TPSA) is 57.8 Å². The fourth-order valence-corrected chi connectivity index (χ4v) is 2.92. The van der Waals surface area contributed by atoms with E-state index in [0.717, 1.165) is 12.1 Å². The molecule has 1 aromatic heterocycles. The summed E-state index contributed by atoms with van der Waals surface area (Å²) in [5.74, 6) is -2.11. The molecule has 4 aromatic rings. The SMILES string of the molecule is O=C(Nc1ccc2nc(Cc3ccccc3F)[nH]c2c1)c1ccc(F)cc1F. The fraction of sp³-hybridized carbons (Fsp3) is 0.0476. The van der Waals surface area contributed by atoms with Gasteiger partial charge in [-0.3, -0.25) is 4.79 Å². The van der Waals surface area contributed by atoms with Crippen LogP contribution in [0, 0.1) is 17.5 Å². The molecule has 4 rings (SSSR count). The van der Waals surface area contributed by atoms with E-state index in [0.29, 0.717) is 40.6 Å². The number of nitrogens with zero attached hydrogens (tertiary/aromatic N) is 1. The third-order valence-corrected chi connectivity index (χ3v) is 4.28. The lowest BCUT2D eigenvalue weighted by Gasteiger charge is -2.06. The lowest BCUT2D eigenvalue weighted by atomic mass is 10.1. The van der Waals surface area contributed by atoms with Crippen LogP contribution < -0.4 is 5.32 Å². The van der Waals surface area contributed by atoms with Gasteiger partial charge in [-0.15, -0.1) is 0 Å². The first-order valence-corrected chi connectivity index (χ1v) is 8.48. The molecule has 4 nitrogen and oxygen atoms in total. The number of anilines is 1. The third kappa shape index (κ3) is 3.59. The van der Waals surface area contributed by atoms with E-state index in [1.165, 1.54) is 6.07 Å². The maximum atomic E-state index is 13.8. The molecular formula is C21H14F3N3O. The molecule has 0 atom stereocenters. The Kier molecular flexibility index (Phi) is 4.57. The zero-order valence-electron chi connectivity index (χ0n) is 14.5. The highest BCUT2D eigenvalue weighted by atomic mass is 19.1. The van der Waals surface area contributed by atoms with E-state index in [1.54, 1.807) is 36.4 Å². The first-order valence-electron chi connectivity index (χ1n) is 8.48. The number of hydrogen-bond acceptors (Lipinski definition) is 2. The van der Waals surface area contributed by atoms with Crippen molar-refractivity contribution in [2.45, 2.75) is 6.42 Å². The van der Waals surface area contributed by atoms with E-state index in [-0.39, 0.29) is 11.4 Å². The fourth-order valence-electron chi connectivity index (χ4n) is 2.92. The number of hydrogen-bond donors (Lipinski definition) is 2. The number of halogens is 3. The minimum Gasteiger partial charge on any atom is -0.342 e. The van der Waals surface area contributed by atoms with E-state index in [4.69, 9.17) is 0 Å². The van der Waals surface area contributed by atoms with E-state index in [9.17, 15) is 18.0 Å². The molecule has 3 aromatic carbocycles. The zero-order valence-corrected chi connectivity index (χ0v) is 14.5. The molecule has 0 fully saturated rings. The van der Waals surface area contributed by atoms with Crippen molar-refractivity contribution in [3.63, 3.8) is 0 Å². The van der Waals surface area contributed by atoms with Gasteiger partial charge in [0.2, 0.25) is 0 Å². The lowest BCUT2D eigenvalue weighted by molar-refractivity contribution is 0.102. The van der Waals surface area contributed by atoms with Crippen LogP contribution in [0.5, 0.6) is 0 Å². The number of aromatic amines is 1. The van der Waals surface area contributed by atoms with Crippen LogP contribution in [0.4, 0.5) is 18.9 Å². The summed E-state index contributed by atoms with van der Waals surface area (Å²) in [7, 11) is 0. The number of nitrogens with one attached hydrogen (secondary N) is 2. The largest absolute Gasteiger partial charge is 0.342 e. The second kappa shape index (κ2) is 7.19. The molecule has 7 heteroatoms. The van der Waals surface area contributed by atoms with Gasteiger partial charge in [0.15, 0.2) is 0 Å². The monoisotopic (exact) mass is 381 g/mol. The molecule has 0 unspecified atom stereocenters. The second-order valence-electron chi connectivity index (χ2n) is 6.26. The minimum absolute atomic E-state index is 0.258. The molecule has 2 N–H and O–H groups in total. The van der Waals surface area contributed by atoms with Gasteiger partial charge < -0.3 is 10.3 Å². The van der Waals surface area contributed by atoms with Gasteiger partial charge in [0.1, 0.15) is 23.3 Å². The van der Waals surface area contributed by atoms with Gasteiger partial charge in [-0.25, -0.2) is 18.2 Å². The van der Waals surface area contributed by atoms with Crippen LogP contribution in [0.2, 0.25) is 0 Å². The molecule has 140 valence electrons. The summed E-state index contributed by atoms with van der Waals surface area (Å²) in [6, 6.07) is 14.2. The number of carbonyl (C=O) groups is 1. The Hall–Kier alpha value is -3.61. The first-order chi connectivity index (χ1) is 13.5. The Balaban J connectivity index is 1.56. The van der Waals surface area contributed by atoms with Gasteiger partial charge in [-0.2, -0.15) is 0 Å². The number of benzene rings is 3. The van der Waals surface area contributed by atoms with Gasteiger partial charge in [0.25, 0.3) is 5.91 Å². The molecular weight excluding hydrogens is 367 g/mol.